The average Bonchev–Trinajstić information content (AvgIpc) is 3.11. The van der Waals surface area contributed by atoms with Crippen LogP contribution in [0, 0.1) is 11.3 Å². The van der Waals surface area contributed by atoms with Gasteiger partial charge in [0.1, 0.15) is 27.3 Å². The fourth-order valence-corrected chi connectivity index (χ4v) is 4.58. The van der Waals surface area contributed by atoms with E-state index in [4.69, 9.17) is 17.3 Å². The highest BCUT2D eigenvalue weighted by Crippen LogP contribution is 2.46. The molecule has 0 aliphatic heterocycles. The van der Waals surface area contributed by atoms with E-state index in [0.29, 0.717) is 21.3 Å². The quantitative estimate of drug-likeness (QED) is 0.354. The molecule has 152 valence electrons. The van der Waals surface area contributed by atoms with Gasteiger partial charge >= 0.3 is 0 Å². The molecule has 0 aliphatic rings. The van der Waals surface area contributed by atoms with Gasteiger partial charge in [-0.3, -0.25) is 4.79 Å². The molecule has 3 N–H and O–H groups in total. The number of phenols is 1. The van der Waals surface area contributed by atoms with Crippen molar-refractivity contribution in [1.29, 1.82) is 5.26 Å². The Bertz CT molecular complexity index is 1290. The lowest BCUT2D eigenvalue weighted by Gasteiger charge is -2.24. The fraction of sp³-hybridized carbons (Fsp3) is 0. The van der Waals surface area contributed by atoms with Crippen LogP contribution in [0.1, 0.15) is 20.8 Å². The molecule has 4 rings (SSSR count). The highest BCUT2D eigenvalue weighted by atomic mass is 35.5. The number of nitrogens with two attached hydrogens (primary N) is 1. The summed E-state index contributed by atoms with van der Waals surface area (Å²) >= 11 is 7.35. The number of carbonyl (C=O) groups is 1. The maximum Gasteiger partial charge on any atom is 0.206 e. The van der Waals surface area contributed by atoms with Crippen LogP contribution in [0.4, 0.5) is 22.1 Å². The van der Waals surface area contributed by atoms with Crippen molar-refractivity contribution in [3.63, 3.8) is 0 Å². The van der Waals surface area contributed by atoms with Gasteiger partial charge in [-0.1, -0.05) is 41.9 Å². The summed E-state index contributed by atoms with van der Waals surface area (Å²) in [6, 6.07) is 24.9. The van der Waals surface area contributed by atoms with E-state index in [2.05, 4.69) is 6.07 Å². The van der Waals surface area contributed by atoms with Crippen LogP contribution in [-0.2, 0) is 0 Å². The second kappa shape index (κ2) is 8.52. The minimum atomic E-state index is -0.338. The Kier molecular flexibility index (Phi) is 5.63. The molecule has 0 fully saturated rings. The highest BCUT2D eigenvalue weighted by molar-refractivity contribution is 7.19. The van der Waals surface area contributed by atoms with Crippen molar-refractivity contribution in [2.45, 2.75) is 0 Å². The molecule has 0 spiro atoms. The largest absolute Gasteiger partial charge is 0.508 e. The average molecular weight is 446 g/mol. The zero-order valence-corrected chi connectivity index (χ0v) is 17.7. The first-order valence-electron chi connectivity index (χ1n) is 9.27. The summed E-state index contributed by atoms with van der Waals surface area (Å²) < 4.78 is 0. The van der Waals surface area contributed by atoms with Crippen molar-refractivity contribution in [1.82, 2.24) is 0 Å². The summed E-state index contributed by atoms with van der Waals surface area (Å²) in [4.78, 5) is 15.3. The molecule has 0 aliphatic carbocycles. The summed E-state index contributed by atoms with van der Waals surface area (Å²) in [5, 5.41) is 20.4. The summed E-state index contributed by atoms with van der Waals surface area (Å²) in [5.74, 6) is -0.216. The number of nitrogen functional groups attached to an aromatic ring is 1. The number of anilines is 4. The van der Waals surface area contributed by atoms with Gasteiger partial charge in [-0.05, 0) is 48.5 Å². The van der Waals surface area contributed by atoms with Gasteiger partial charge in [-0.25, -0.2) is 0 Å². The molecule has 0 radical (unpaired) electrons. The van der Waals surface area contributed by atoms with E-state index >= 15 is 0 Å². The van der Waals surface area contributed by atoms with Gasteiger partial charge in [0.05, 0.1) is 10.7 Å². The number of nitriles is 1. The van der Waals surface area contributed by atoms with Gasteiger partial charge in [-0.2, -0.15) is 5.26 Å². The number of hydrogen-bond donors (Lipinski definition) is 2. The van der Waals surface area contributed by atoms with Crippen LogP contribution in [-0.4, -0.2) is 10.9 Å². The molecule has 4 aromatic rings. The Morgan fingerprint density at radius 2 is 1.58 bits per heavy atom. The topological polar surface area (TPSA) is 90.4 Å². The molecule has 1 aromatic heterocycles. The van der Waals surface area contributed by atoms with Crippen molar-refractivity contribution in [2.24, 2.45) is 0 Å². The zero-order valence-electron chi connectivity index (χ0n) is 16.1. The maximum absolute atomic E-state index is 13.2. The van der Waals surface area contributed by atoms with Crippen LogP contribution in [0.25, 0.3) is 0 Å². The SMILES string of the molecule is N#Cc1c(N(c2ccccc2)c2ccc(O)cc2)sc(C(=O)c2ccccc2Cl)c1N. The van der Waals surface area contributed by atoms with Crippen molar-refractivity contribution in [2.75, 3.05) is 10.6 Å². The Morgan fingerprint density at radius 3 is 2.23 bits per heavy atom. The monoisotopic (exact) mass is 445 g/mol. The van der Waals surface area contributed by atoms with Crippen molar-refractivity contribution >= 4 is 50.8 Å². The number of thiophene rings is 1. The first-order valence-corrected chi connectivity index (χ1v) is 10.5. The smallest absolute Gasteiger partial charge is 0.206 e. The van der Waals surface area contributed by atoms with E-state index in [9.17, 15) is 15.2 Å². The predicted molar refractivity (Wildman–Crippen MR) is 125 cm³/mol. The second-order valence-corrected chi connectivity index (χ2v) is 8.04. The number of para-hydroxylation sites is 1. The van der Waals surface area contributed by atoms with Crippen molar-refractivity contribution in [3.8, 4) is 11.8 Å². The van der Waals surface area contributed by atoms with Gasteiger partial charge in [0, 0.05) is 16.9 Å². The zero-order chi connectivity index (χ0) is 22.0. The highest BCUT2D eigenvalue weighted by Gasteiger charge is 2.27. The number of hydrogen-bond acceptors (Lipinski definition) is 6. The third kappa shape index (κ3) is 3.84. The van der Waals surface area contributed by atoms with Crippen LogP contribution < -0.4 is 10.6 Å². The number of rotatable bonds is 5. The van der Waals surface area contributed by atoms with E-state index in [1.807, 2.05) is 35.2 Å². The molecule has 0 bridgehead atoms. The third-order valence-corrected chi connectivity index (χ3v) is 6.21. The lowest BCUT2D eigenvalue weighted by molar-refractivity contribution is 0.104. The van der Waals surface area contributed by atoms with Crippen LogP contribution >= 0.6 is 22.9 Å². The molecular weight excluding hydrogens is 430 g/mol. The number of carbonyl (C=O) groups excluding carboxylic acids is 1. The molecule has 7 heteroatoms. The Balaban J connectivity index is 1.91. The van der Waals surface area contributed by atoms with Crippen LogP contribution in [0.15, 0.2) is 78.9 Å². The third-order valence-electron chi connectivity index (χ3n) is 4.69. The molecule has 0 unspecified atom stereocenters. The van der Waals surface area contributed by atoms with E-state index in [-0.39, 0.29) is 27.7 Å². The number of ketones is 1. The number of aromatic hydroxyl groups is 1. The van der Waals surface area contributed by atoms with Gasteiger partial charge in [0.2, 0.25) is 5.78 Å². The molecular formula is C24H16ClN3O2S. The summed E-state index contributed by atoms with van der Waals surface area (Å²) in [6.45, 7) is 0. The first-order chi connectivity index (χ1) is 15.0. The molecule has 31 heavy (non-hydrogen) atoms. The number of benzene rings is 3. The Labute approximate surface area is 188 Å². The standard InChI is InChI=1S/C24H16ClN3O2S/c25-20-9-5-4-8-18(20)22(30)23-21(27)19(14-26)24(31-23)28(15-6-2-1-3-7-15)16-10-12-17(29)13-11-16/h1-13,29H,27H2. The first kappa shape index (κ1) is 20.5. The maximum atomic E-state index is 13.2. The molecule has 5 nitrogen and oxygen atoms in total. The van der Waals surface area contributed by atoms with E-state index < -0.39 is 0 Å². The van der Waals surface area contributed by atoms with Crippen LogP contribution in [0.3, 0.4) is 0 Å². The Hall–Kier alpha value is -3.79. The molecule has 0 atom stereocenters. The molecule has 0 amide bonds. The van der Waals surface area contributed by atoms with E-state index in [1.54, 1.807) is 48.5 Å². The van der Waals surface area contributed by atoms with E-state index in [1.165, 1.54) is 0 Å². The Morgan fingerprint density at radius 1 is 0.968 bits per heavy atom. The summed E-state index contributed by atoms with van der Waals surface area (Å²) in [7, 11) is 0. The minimum Gasteiger partial charge on any atom is -0.508 e. The van der Waals surface area contributed by atoms with Gasteiger partial charge in [-0.15, -0.1) is 11.3 Å². The number of nitrogens with zero attached hydrogens (tertiary/aromatic N) is 2. The van der Waals surface area contributed by atoms with Gasteiger partial charge in [0.15, 0.2) is 0 Å². The second-order valence-electron chi connectivity index (χ2n) is 6.63. The minimum absolute atomic E-state index is 0.118. The number of phenolic OH excluding ortho intramolecular Hbond substituents is 1. The van der Waals surface area contributed by atoms with Gasteiger partial charge < -0.3 is 15.7 Å². The van der Waals surface area contributed by atoms with Crippen molar-refractivity contribution < 1.29 is 9.90 Å². The van der Waals surface area contributed by atoms with E-state index in [0.717, 1.165) is 17.0 Å². The van der Waals surface area contributed by atoms with Crippen molar-refractivity contribution in [3.05, 3.63) is 99.9 Å². The lowest BCUT2D eigenvalue weighted by atomic mass is 10.1. The normalized spacial score (nSPS) is 10.5. The molecule has 0 saturated heterocycles. The molecule has 1 heterocycles. The lowest BCUT2D eigenvalue weighted by Crippen LogP contribution is -2.09. The molecule has 0 saturated carbocycles. The fourth-order valence-electron chi connectivity index (χ4n) is 3.20. The van der Waals surface area contributed by atoms with Crippen LogP contribution in [0.5, 0.6) is 5.75 Å². The van der Waals surface area contributed by atoms with Gasteiger partial charge in [0.25, 0.3) is 0 Å². The summed E-state index contributed by atoms with van der Waals surface area (Å²) in [6.07, 6.45) is 0. The van der Waals surface area contributed by atoms with Crippen LogP contribution in [0.2, 0.25) is 5.02 Å². The summed E-state index contributed by atoms with van der Waals surface area (Å²) in [5.41, 5.74) is 8.41. The predicted octanol–water partition coefficient (Wildman–Crippen LogP) is 6.26. The number of halogens is 1. The molecule has 3 aromatic carbocycles.